The standard InChI is InChI=1S/C13H19ClS/c1-11-7-12(2)9-13(8-11)10-15-6-4-3-5-14/h7-9H,3-6,10H2,1-2H3. The van der Waals surface area contributed by atoms with Crippen LogP contribution in [0.15, 0.2) is 18.2 Å². The molecule has 0 unspecified atom stereocenters. The Bertz CT molecular complexity index is 276. The van der Waals surface area contributed by atoms with Gasteiger partial charge in [-0.1, -0.05) is 29.3 Å². The van der Waals surface area contributed by atoms with Crippen molar-refractivity contribution in [2.45, 2.75) is 32.4 Å². The number of rotatable bonds is 6. The van der Waals surface area contributed by atoms with Crippen LogP contribution in [-0.4, -0.2) is 11.6 Å². The molecule has 0 aromatic heterocycles. The van der Waals surface area contributed by atoms with E-state index < -0.39 is 0 Å². The monoisotopic (exact) mass is 242 g/mol. The third-order valence-electron chi connectivity index (χ3n) is 2.22. The average Bonchev–Trinajstić information content (AvgIpc) is 2.16. The van der Waals surface area contributed by atoms with Gasteiger partial charge in [0.25, 0.3) is 0 Å². The van der Waals surface area contributed by atoms with E-state index in [0.717, 1.165) is 18.1 Å². The molecule has 0 fully saturated rings. The van der Waals surface area contributed by atoms with Crippen molar-refractivity contribution in [3.8, 4) is 0 Å². The molecule has 0 amide bonds. The summed E-state index contributed by atoms with van der Waals surface area (Å²) in [5.74, 6) is 3.15. The summed E-state index contributed by atoms with van der Waals surface area (Å²) in [4.78, 5) is 0. The summed E-state index contributed by atoms with van der Waals surface area (Å²) in [6.45, 7) is 4.32. The Labute approximate surface area is 102 Å². The van der Waals surface area contributed by atoms with Crippen molar-refractivity contribution in [2.24, 2.45) is 0 Å². The van der Waals surface area contributed by atoms with E-state index in [1.54, 1.807) is 0 Å². The minimum atomic E-state index is 0.796. The third kappa shape index (κ3) is 5.48. The summed E-state index contributed by atoms with van der Waals surface area (Å²) in [5, 5.41) is 0. The number of unbranched alkanes of at least 4 members (excludes halogenated alkanes) is 1. The maximum absolute atomic E-state index is 5.63. The molecule has 0 nitrogen and oxygen atoms in total. The predicted octanol–water partition coefficient (Wildman–Crippen LogP) is 4.56. The zero-order valence-corrected chi connectivity index (χ0v) is 11.1. The number of benzene rings is 1. The second kappa shape index (κ2) is 7.19. The Morgan fingerprint density at radius 3 is 2.33 bits per heavy atom. The highest BCUT2D eigenvalue weighted by molar-refractivity contribution is 7.98. The number of aryl methyl sites for hydroxylation is 2. The lowest BCUT2D eigenvalue weighted by molar-refractivity contribution is 0.902. The summed E-state index contributed by atoms with van der Waals surface area (Å²) < 4.78 is 0. The molecule has 0 saturated carbocycles. The Morgan fingerprint density at radius 1 is 1.07 bits per heavy atom. The molecule has 0 heterocycles. The van der Waals surface area contributed by atoms with Gasteiger partial charge in [0.15, 0.2) is 0 Å². The first-order chi connectivity index (χ1) is 7.22. The highest BCUT2D eigenvalue weighted by Crippen LogP contribution is 2.16. The molecule has 0 aliphatic carbocycles. The first kappa shape index (κ1) is 12.9. The predicted molar refractivity (Wildman–Crippen MR) is 72.0 cm³/mol. The fourth-order valence-corrected chi connectivity index (χ4v) is 2.78. The van der Waals surface area contributed by atoms with Crippen molar-refractivity contribution >= 4 is 23.4 Å². The summed E-state index contributed by atoms with van der Waals surface area (Å²) >= 11 is 7.63. The highest BCUT2D eigenvalue weighted by atomic mass is 35.5. The van der Waals surface area contributed by atoms with Crippen LogP contribution in [0.2, 0.25) is 0 Å². The fraction of sp³-hybridized carbons (Fsp3) is 0.538. The van der Waals surface area contributed by atoms with E-state index in [1.807, 2.05) is 11.8 Å². The maximum Gasteiger partial charge on any atom is 0.0223 e. The number of halogens is 1. The molecule has 1 aromatic rings. The zero-order chi connectivity index (χ0) is 11.1. The molecular weight excluding hydrogens is 224 g/mol. The lowest BCUT2D eigenvalue weighted by Crippen LogP contribution is -1.87. The minimum absolute atomic E-state index is 0.796. The quantitative estimate of drug-likeness (QED) is 0.521. The van der Waals surface area contributed by atoms with Crippen molar-refractivity contribution in [3.05, 3.63) is 34.9 Å². The van der Waals surface area contributed by atoms with Gasteiger partial charge in [-0.25, -0.2) is 0 Å². The normalized spacial score (nSPS) is 10.6. The first-order valence-electron chi connectivity index (χ1n) is 5.43. The molecule has 0 saturated heterocycles. The summed E-state index contributed by atoms with van der Waals surface area (Å²) in [5.41, 5.74) is 4.18. The van der Waals surface area contributed by atoms with Gasteiger partial charge in [0.05, 0.1) is 0 Å². The molecule has 0 atom stereocenters. The molecule has 0 radical (unpaired) electrons. The van der Waals surface area contributed by atoms with Crippen LogP contribution in [0.4, 0.5) is 0 Å². The van der Waals surface area contributed by atoms with Crippen molar-refractivity contribution in [1.82, 2.24) is 0 Å². The van der Waals surface area contributed by atoms with Crippen molar-refractivity contribution in [3.63, 3.8) is 0 Å². The van der Waals surface area contributed by atoms with Gasteiger partial charge in [-0.15, -0.1) is 11.6 Å². The molecule has 0 aliphatic rings. The van der Waals surface area contributed by atoms with E-state index in [9.17, 15) is 0 Å². The van der Waals surface area contributed by atoms with Gasteiger partial charge in [0.2, 0.25) is 0 Å². The molecule has 84 valence electrons. The smallest absolute Gasteiger partial charge is 0.0223 e. The lowest BCUT2D eigenvalue weighted by atomic mass is 10.1. The SMILES string of the molecule is Cc1cc(C)cc(CSCCCCCl)c1. The molecule has 1 rings (SSSR count). The van der Waals surface area contributed by atoms with E-state index in [-0.39, 0.29) is 0 Å². The van der Waals surface area contributed by atoms with Crippen LogP contribution >= 0.6 is 23.4 Å². The second-order valence-electron chi connectivity index (χ2n) is 3.94. The molecule has 0 aliphatic heterocycles. The van der Waals surface area contributed by atoms with Crippen LogP contribution in [-0.2, 0) is 5.75 Å². The molecule has 0 N–H and O–H groups in total. The number of hydrogen-bond donors (Lipinski definition) is 0. The van der Waals surface area contributed by atoms with Gasteiger partial charge in [-0.3, -0.25) is 0 Å². The Kier molecular flexibility index (Phi) is 6.19. The summed E-state index contributed by atoms with van der Waals surface area (Å²) in [6, 6.07) is 6.78. The topological polar surface area (TPSA) is 0 Å². The Balaban J connectivity index is 2.31. The highest BCUT2D eigenvalue weighted by Gasteiger charge is 1.96. The molecule has 15 heavy (non-hydrogen) atoms. The van der Waals surface area contributed by atoms with E-state index in [2.05, 4.69) is 32.0 Å². The lowest BCUT2D eigenvalue weighted by Gasteiger charge is -2.04. The summed E-state index contributed by atoms with van der Waals surface area (Å²) in [6.07, 6.45) is 2.38. The van der Waals surface area contributed by atoms with Gasteiger partial charge < -0.3 is 0 Å². The molecule has 0 spiro atoms. The van der Waals surface area contributed by atoms with E-state index in [4.69, 9.17) is 11.6 Å². The molecule has 2 heteroatoms. The number of thioether (sulfide) groups is 1. The Hall–Kier alpha value is -0.140. The number of hydrogen-bond acceptors (Lipinski definition) is 1. The maximum atomic E-state index is 5.63. The first-order valence-corrected chi connectivity index (χ1v) is 7.12. The largest absolute Gasteiger partial charge is 0.157 e. The van der Waals surface area contributed by atoms with Crippen LogP contribution in [0.5, 0.6) is 0 Å². The average molecular weight is 243 g/mol. The van der Waals surface area contributed by atoms with Crippen molar-refractivity contribution < 1.29 is 0 Å². The van der Waals surface area contributed by atoms with Gasteiger partial charge in [-0.05, 0) is 38.0 Å². The molecule has 1 aromatic carbocycles. The van der Waals surface area contributed by atoms with Crippen LogP contribution in [0.25, 0.3) is 0 Å². The van der Waals surface area contributed by atoms with Crippen LogP contribution in [0.3, 0.4) is 0 Å². The van der Waals surface area contributed by atoms with Crippen molar-refractivity contribution in [2.75, 3.05) is 11.6 Å². The van der Waals surface area contributed by atoms with E-state index >= 15 is 0 Å². The van der Waals surface area contributed by atoms with Crippen LogP contribution < -0.4 is 0 Å². The van der Waals surface area contributed by atoms with E-state index in [0.29, 0.717) is 0 Å². The third-order valence-corrected chi connectivity index (χ3v) is 3.60. The van der Waals surface area contributed by atoms with Crippen LogP contribution in [0.1, 0.15) is 29.5 Å². The van der Waals surface area contributed by atoms with Gasteiger partial charge in [0, 0.05) is 11.6 Å². The van der Waals surface area contributed by atoms with Gasteiger partial charge >= 0.3 is 0 Å². The second-order valence-corrected chi connectivity index (χ2v) is 5.43. The van der Waals surface area contributed by atoms with Gasteiger partial charge in [-0.2, -0.15) is 11.8 Å². The Morgan fingerprint density at radius 2 is 1.73 bits per heavy atom. The summed E-state index contributed by atoms with van der Waals surface area (Å²) in [7, 11) is 0. The molecule has 0 bridgehead atoms. The molecular formula is C13H19ClS. The van der Waals surface area contributed by atoms with Gasteiger partial charge in [0.1, 0.15) is 0 Å². The van der Waals surface area contributed by atoms with Crippen LogP contribution in [0, 0.1) is 13.8 Å². The van der Waals surface area contributed by atoms with E-state index in [1.165, 1.54) is 28.9 Å². The van der Waals surface area contributed by atoms with Crippen molar-refractivity contribution in [1.29, 1.82) is 0 Å². The number of alkyl halides is 1. The minimum Gasteiger partial charge on any atom is -0.157 e. The fourth-order valence-electron chi connectivity index (χ4n) is 1.64. The zero-order valence-electron chi connectivity index (χ0n) is 9.55.